The molecular formula is C14H20N2O3S. The van der Waals surface area contributed by atoms with Crippen LogP contribution in [0.3, 0.4) is 0 Å². The fourth-order valence-corrected chi connectivity index (χ4v) is 1.65. The SMILES string of the molecule is COCCCCNC(=O)COc1ccc(C(N)=S)cc1. The molecule has 0 unspecified atom stereocenters. The molecule has 110 valence electrons. The molecule has 0 fully saturated rings. The zero-order valence-corrected chi connectivity index (χ0v) is 12.4. The highest BCUT2D eigenvalue weighted by Crippen LogP contribution is 2.11. The second kappa shape index (κ2) is 9.28. The van der Waals surface area contributed by atoms with E-state index in [-0.39, 0.29) is 12.5 Å². The van der Waals surface area contributed by atoms with E-state index in [1.54, 1.807) is 31.4 Å². The third-order valence-electron chi connectivity index (χ3n) is 2.61. The number of hydrogen-bond donors (Lipinski definition) is 2. The Morgan fingerprint density at radius 1 is 1.30 bits per heavy atom. The number of nitrogens with two attached hydrogens (primary N) is 1. The number of carbonyl (C=O) groups excluding carboxylic acids is 1. The van der Waals surface area contributed by atoms with Gasteiger partial charge in [0.05, 0.1) is 0 Å². The van der Waals surface area contributed by atoms with Crippen LogP contribution in [0.4, 0.5) is 0 Å². The summed E-state index contributed by atoms with van der Waals surface area (Å²) in [4.78, 5) is 11.9. The number of carbonyl (C=O) groups is 1. The van der Waals surface area contributed by atoms with Crippen molar-refractivity contribution >= 4 is 23.1 Å². The summed E-state index contributed by atoms with van der Waals surface area (Å²) in [5.41, 5.74) is 6.27. The number of unbranched alkanes of at least 4 members (excludes halogenated alkanes) is 1. The molecule has 20 heavy (non-hydrogen) atoms. The van der Waals surface area contributed by atoms with E-state index < -0.39 is 0 Å². The molecule has 6 heteroatoms. The molecule has 0 spiro atoms. The van der Waals surface area contributed by atoms with Crippen LogP contribution in [0, 0.1) is 0 Å². The van der Waals surface area contributed by atoms with Gasteiger partial charge in [0.1, 0.15) is 10.7 Å². The Balaban J connectivity index is 2.22. The molecule has 0 aliphatic heterocycles. The lowest BCUT2D eigenvalue weighted by Crippen LogP contribution is -2.29. The van der Waals surface area contributed by atoms with E-state index in [1.165, 1.54) is 0 Å². The van der Waals surface area contributed by atoms with E-state index in [2.05, 4.69) is 5.32 Å². The molecule has 1 rings (SSSR count). The minimum Gasteiger partial charge on any atom is -0.484 e. The van der Waals surface area contributed by atoms with E-state index >= 15 is 0 Å². The number of ether oxygens (including phenoxy) is 2. The van der Waals surface area contributed by atoms with Gasteiger partial charge < -0.3 is 20.5 Å². The lowest BCUT2D eigenvalue weighted by atomic mass is 10.2. The quantitative estimate of drug-likeness (QED) is 0.530. The molecule has 0 atom stereocenters. The Kier molecular flexibility index (Phi) is 7.60. The standard InChI is InChI=1S/C14H20N2O3S/c1-18-9-3-2-8-16-13(17)10-19-12-6-4-11(5-7-12)14(15)20/h4-7H,2-3,8-10H2,1H3,(H2,15,20)(H,16,17). The van der Waals surface area contributed by atoms with Crippen LogP contribution < -0.4 is 15.8 Å². The second-order valence-corrected chi connectivity index (χ2v) is 4.67. The van der Waals surface area contributed by atoms with Crippen molar-refractivity contribution in [1.29, 1.82) is 0 Å². The Bertz CT molecular complexity index is 435. The van der Waals surface area contributed by atoms with Gasteiger partial charge in [-0.1, -0.05) is 12.2 Å². The van der Waals surface area contributed by atoms with Crippen molar-refractivity contribution in [2.45, 2.75) is 12.8 Å². The fourth-order valence-electron chi connectivity index (χ4n) is 1.51. The Labute approximate surface area is 124 Å². The van der Waals surface area contributed by atoms with Crippen molar-refractivity contribution in [2.24, 2.45) is 5.73 Å². The molecule has 5 nitrogen and oxygen atoms in total. The normalized spacial score (nSPS) is 10.1. The smallest absolute Gasteiger partial charge is 0.257 e. The molecule has 0 aliphatic carbocycles. The minimum atomic E-state index is -0.138. The number of hydrogen-bond acceptors (Lipinski definition) is 4. The first kappa shape index (κ1) is 16.4. The van der Waals surface area contributed by atoms with Crippen molar-refractivity contribution in [3.05, 3.63) is 29.8 Å². The van der Waals surface area contributed by atoms with E-state index in [1.807, 2.05) is 0 Å². The molecule has 0 radical (unpaired) electrons. The van der Waals surface area contributed by atoms with Gasteiger partial charge in [0, 0.05) is 25.8 Å². The van der Waals surface area contributed by atoms with Crippen LogP contribution >= 0.6 is 12.2 Å². The maximum atomic E-state index is 11.5. The summed E-state index contributed by atoms with van der Waals surface area (Å²) in [6.07, 6.45) is 1.82. The molecule has 1 aromatic carbocycles. The first-order valence-electron chi connectivity index (χ1n) is 6.42. The van der Waals surface area contributed by atoms with Crippen LogP contribution in [-0.2, 0) is 9.53 Å². The zero-order chi connectivity index (χ0) is 14.8. The molecule has 1 amide bonds. The number of amides is 1. The average molecular weight is 296 g/mol. The lowest BCUT2D eigenvalue weighted by Gasteiger charge is -2.08. The van der Waals surface area contributed by atoms with Crippen LogP contribution in [-0.4, -0.2) is 37.8 Å². The lowest BCUT2D eigenvalue weighted by molar-refractivity contribution is -0.123. The van der Waals surface area contributed by atoms with Gasteiger partial charge >= 0.3 is 0 Å². The van der Waals surface area contributed by atoms with Gasteiger partial charge in [0.25, 0.3) is 5.91 Å². The molecule has 0 heterocycles. The first-order valence-corrected chi connectivity index (χ1v) is 6.82. The summed E-state index contributed by atoms with van der Waals surface area (Å²) in [6, 6.07) is 7.00. The second-order valence-electron chi connectivity index (χ2n) is 4.23. The molecule has 3 N–H and O–H groups in total. The number of methoxy groups -OCH3 is 1. The fraction of sp³-hybridized carbons (Fsp3) is 0.429. The van der Waals surface area contributed by atoms with Gasteiger partial charge in [-0.25, -0.2) is 0 Å². The van der Waals surface area contributed by atoms with E-state index in [9.17, 15) is 4.79 Å². The first-order chi connectivity index (χ1) is 9.63. The summed E-state index contributed by atoms with van der Waals surface area (Å²) >= 11 is 4.85. The van der Waals surface area contributed by atoms with Crippen molar-refractivity contribution in [3.63, 3.8) is 0 Å². The Hall–Kier alpha value is -1.66. The number of rotatable bonds is 9. The van der Waals surface area contributed by atoms with E-state index in [0.29, 0.717) is 23.9 Å². The summed E-state index contributed by atoms with van der Waals surface area (Å²) in [7, 11) is 1.66. The highest BCUT2D eigenvalue weighted by molar-refractivity contribution is 7.80. The summed E-state index contributed by atoms with van der Waals surface area (Å²) < 4.78 is 10.3. The number of thiocarbonyl (C=S) groups is 1. The molecule has 1 aromatic rings. The van der Waals surface area contributed by atoms with Crippen molar-refractivity contribution in [1.82, 2.24) is 5.32 Å². The minimum absolute atomic E-state index is 0.00328. The van der Waals surface area contributed by atoms with Gasteiger partial charge in [0.2, 0.25) is 0 Å². The van der Waals surface area contributed by atoms with Crippen LogP contribution in [0.2, 0.25) is 0 Å². The number of nitrogens with one attached hydrogen (secondary N) is 1. The van der Waals surface area contributed by atoms with Crippen LogP contribution in [0.5, 0.6) is 5.75 Å². The predicted octanol–water partition coefficient (Wildman–Crippen LogP) is 1.24. The summed E-state index contributed by atoms with van der Waals surface area (Å²) in [5, 5.41) is 2.78. The Morgan fingerprint density at radius 3 is 2.60 bits per heavy atom. The molecule has 0 aliphatic rings. The van der Waals surface area contributed by atoms with Gasteiger partial charge in [-0.3, -0.25) is 4.79 Å². The highest BCUT2D eigenvalue weighted by atomic mass is 32.1. The van der Waals surface area contributed by atoms with Gasteiger partial charge in [-0.05, 0) is 37.1 Å². The van der Waals surface area contributed by atoms with Crippen LogP contribution in [0.1, 0.15) is 18.4 Å². The van der Waals surface area contributed by atoms with Gasteiger partial charge in [-0.15, -0.1) is 0 Å². The third kappa shape index (κ3) is 6.49. The molecular weight excluding hydrogens is 276 g/mol. The van der Waals surface area contributed by atoms with Crippen LogP contribution in [0.25, 0.3) is 0 Å². The van der Waals surface area contributed by atoms with Gasteiger partial charge in [0.15, 0.2) is 6.61 Å². The zero-order valence-electron chi connectivity index (χ0n) is 11.6. The largest absolute Gasteiger partial charge is 0.484 e. The predicted molar refractivity (Wildman–Crippen MR) is 81.9 cm³/mol. The maximum absolute atomic E-state index is 11.5. The topological polar surface area (TPSA) is 73.6 Å². The average Bonchev–Trinajstić information content (AvgIpc) is 2.45. The molecule has 0 saturated heterocycles. The molecule has 0 bridgehead atoms. The van der Waals surface area contributed by atoms with E-state index in [0.717, 1.165) is 18.4 Å². The van der Waals surface area contributed by atoms with Crippen molar-refractivity contribution in [2.75, 3.05) is 26.9 Å². The Morgan fingerprint density at radius 2 is 2.00 bits per heavy atom. The van der Waals surface area contributed by atoms with Crippen molar-refractivity contribution < 1.29 is 14.3 Å². The molecule has 0 aromatic heterocycles. The van der Waals surface area contributed by atoms with Crippen molar-refractivity contribution in [3.8, 4) is 5.75 Å². The van der Waals surface area contributed by atoms with Crippen LogP contribution in [0.15, 0.2) is 24.3 Å². The number of benzene rings is 1. The van der Waals surface area contributed by atoms with Gasteiger partial charge in [-0.2, -0.15) is 0 Å². The summed E-state index contributed by atoms with van der Waals surface area (Å²) in [6.45, 7) is 1.34. The van der Waals surface area contributed by atoms with E-state index in [4.69, 9.17) is 27.4 Å². The molecule has 0 saturated carbocycles. The highest BCUT2D eigenvalue weighted by Gasteiger charge is 2.03. The third-order valence-corrected chi connectivity index (χ3v) is 2.84. The maximum Gasteiger partial charge on any atom is 0.257 e. The summed E-state index contributed by atoms with van der Waals surface area (Å²) in [5.74, 6) is 0.473. The monoisotopic (exact) mass is 296 g/mol.